The highest BCUT2D eigenvalue weighted by molar-refractivity contribution is 8.00. The minimum atomic E-state index is -0.378. The van der Waals surface area contributed by atoms with E-state index >= 15 is 0 Å². The van der Waals surface area contributed by atoms with Gasteiger partial charge in [-0.05, 0) is 55.3 Å². The summed E-state index contributed by atoms with van der Waals surface area (Å²) in [4.78, 5) is 12.9. The van der Waals surface area contributed by atoms with Crippen LogP contribution in [0, 0.1) is 12.7 Å². The van der Waals surface area contributed by atoms with E-state index in [2.05, 4.69) is 20.8 Å². The van der Waals surface area contributed by atoms with Gasteiger partial charge in [-0.3, -0.25) is 4.79 Å². The first-order valence-electron chi connectivity index (χ1n) is 11.0. The molecular formula is C26H26FN5OS. The molecule has 8 heteroatoms. The molecule has 3 aromatic carbocycles. The fraction of sp³-hybridized carbons (Fsp3) is 0.192. The molecule has 0 unspecified atom stereocenters. The number of aromatic nitrogens is 3. The van der Waals surface area contributed by atoms with Crippen LogP contribution in [0.25, 0.3) is 0 Å². The lowest BCUT2D eigenvalue weighted by Crippen LogP contribution is -2.23. The lowest BCUT2D eigenvalue weighted by molar-refractivity contribution is -0.115. The summed E-state index contributed by atoms with van der Waals surface area (Å²) in [6.07, 6.45) is 0. The van der Waals surface area contributed by atoms with Gasteiger partial charge in [0.1, 0.15) is 5.82 Å². The molecule has 0 saturated carbocycles. The maximum atomic E-state index is 13.2. The molecule has 1 aromatic heterocycles. The molecule has 0 aliphatic rings. The molecule has 0 bridgehead atoms. The van der Waals surface area contributed by atoms with E-state index in [0.717, 1.165) is 28.3 Å². The summed E-state index contributed by atoms with van der Waals surface area (Å²) in [5.41, 5.74) is 3.70. The van der Waals surface area contributed by atoms with Crippen LogP contribution in [0.1, 0.15) is 23.9 Å². The Morgan fingerprint density at radius 1 is 1.00 bits per heavy atom. The highest BCUT2D eigenvalue weighted by Gasteiger charge is 2.21. The number of thioether (sulfide) groups is 1. The normalized spacial score (nSPS) is 11.7. The van der Waals surface area contributed by atoms with Crippen molar-refractivity contribution in [1.82, 2.24) is 14.8 Å². The summed E-state index contributed by atoms with van der Waals surface area (Å²) >= 11 is 1.37. The molecule has 0 fully saturated rings. The number of hydrogen-bond acceptors (Lipinski definition) is 5. The zero-order valence-corrected chi connectivity index (χ0v) is 19.8. The van der Waals surface area contributed by atoms with E-state index in [9.17, 15) is 9.18 Å². The minimum Gasteiger partial charge on any atom is -0.378 e. The van der Waals surface area contributed by atoms with Gasteiger partial charge >= 0.3 is 0 Å². The Bertz CT molecular complexity index is 1240. The quantitative estimate of drug-likeness (QED) is 0.313. The van der Waals surface area contributed by atoms with Gasteiger partial charge in [-0.25, -0.2) is 4.39 Å². The second kappa shape index (κ2) is 11.0. The zero-order chi connectivity index (χ0) is 23.9. The number of nitrogens with one attached hydrogen (secondary N) is 2. The number of amides is 1. The topological polar surface area (TPSA) is 71.8 Å². The summed E-state index contributed by atoms with van der Waals surface area (Å²) in [6, 6.07) is 23.9. The number of benzene rings is 3. The first-order valence-corrected chi connectivity index (χ1v) is 11.9. The Morgan fingerprint density at radius 2 is 1.71 bits per heavy atom. The Balaban J connectivity index is 1.51. The minimum absolute atomic E-state index is 0.0976. The molecule has 0 radical (unpaired) electrons. The molecule has 0 aliphatic carbocycles. The number of carbonyl (C=O) groups is 1. The lowest BCUT2D eigenvalue weighted by Gasteiger charge is -2.15. The van der Waals surface area contributed by atoms with Crippen LogP contribution in [-0.4, -0.2) is 25.9 Å². The first kappa shape index (κ1) is 23.5. The van der Waals surface area contributed by atoms with Gasteiger partial charge in [0, 0.05) is 11.4 Å². The Labute approximate surface area is 202 Å². The highest BCUT2D eigenvalue weighted by Crippen LogP contribution is 2.25. The predicted octanol–water partition coefficient (Wildman–Crippen LogP) is 5.51. The van der Waals surface area contributed by atoms with E-state index in [-0.39, 0.29) is 17.0 Å². The molecule has 1 heterocycles. The monoisotopic (exact) mass is 475 g/mol. The van der Waals surface area contributed by atoms with Crippen LogP contribution in [0.2, 0.25) is 0 Å². The summed E-state index contributed by atoms with van der Waals surface area (Å²) in [6.45, 7) is 4.80. The standard InChI is InChI=1S/C26H26FN5OS/c1-18-8-6-7-11-23(18)29-25(33)19(2)34-26-31-30-24(16-28-22-14-12-21(27)13-15-22)32(26)17-20-9-4-3-5-10-20/h3-15,19,28H,16-17H2,1-2H3,(H,29,33)/t19-/m1/s1. The van der Waals surface area contributed by atoms with Crippen LogP contribution in [0.3, 0.4) is 0 Å². The summed E-state index contributed by atoms with van der Waals surface area (Å²) in [5.74, 6) is 0.344. The van der Waals surface area contributed by atoms with Crippen LogP contribution in [0.4, 0.5) is 15.8 Å². The highest BCUT2D eigenvalue weighted by atomic mass is 32.2. The van der Waals surface area contributed by atoms with Crippen molar-refractivity contribution in [1.29, 1.82) is 0 Å². The van der Waals surface area contributed by atoms with Crippen molar-refractivity contribution in [3.05, 3.63) is 102 Å². The number of carbonyl (C=O) groups excluding carboxylic acids is 1. The van der Waals surface area contributed by atoms with Crippen molar-refractivity contribution in [3.8, 4) is 0 Å². The van der Waals surface area contributed by atoms with Crippen LogP contribution < -0.4 is 10.6 Å². The third kappa shape index (κ3) is 6.02. The third-order valence-electron chi connectivity index (χ3n) is 5.33. The second-order valence-electron chi connectivity index (χ2n) is 7.90. The number of halogens is 1. The van der Waals surface area contributed by atoms with E-state index in [1.165, 1.54) is 23.9 Å². The maximum Gasteiger partial charge on any atom is 0.237 e. The lowest BCUT2D eigenvalue weighted by atomic mass is 10.2. The number of rotatable bonds is 9. The van der Waals surface area contributed by atoms with Crippen molar-refractivity contribution < 1.29 is 9.18 Å². The average molecular weight is 476 g/mol. The van der Waals surface area contributed by atoms with Crippen LogP contribution in [-0.2, 0) is 17.9 Å². The number of aryl methyl sites for hydroxylation is 1. The van der Waals surface area contributed by atoms with Gasteiger partial charge in [-0.15, -0.1) is 10.2 Å². The van der Waals surface area contributed by atoms with E-state index < -0.39 is 0 Å². The van der Waals surface area contributed by atoms with Crippen LogP contribution in [0.5, 0.6) is 0 Å². The fourth-order valence-corrected chi connectivity index (χ4v) is 4.24. The Kier molecular flexibility index (Phi) is 7.59. The molecule has 174 valence electrons. The van der Waals surface area contributed by atoms with Crippen molar-refractivity contribution >= 4 is 29.0 Å². The van der Waals surface area contributed by atoms with Gasteiger partial charge in [-0.1, -0.05) is 60.3 Å². The molecule has 4 aromatic rings. The molecule has 34 heavy (non-hydrogen) atoms. The summed E-state index contributed by atoms with van der Waals surface area (Å²) in [5, 5.41) is 15.3. The van der Waals surface area contributed by atoms with Crippen LogP contribution in [0.15, 0.2) is 84.0 Å². The molecule has 0 spiro atoms. The molecule has 1 amide bonds. The molecule has 1 atom stereocenters. The Morgan fingerprint density at radius 3 is 2.44 bits per heavy atom. The second-order valence-corrected chi connectivity index (χ2v) is 9.20. The van der Waals surface area contributed by atoms with E-state index in [0.29, 0.717) is 18.2 Å². The van der Waals surface area contributed by atoms with Gasteiger partial charge in [0.25, 0.3) is 0 Å². The van der Waals surface area contributed by atoms with E-state index in [1.54, 1.807) is 12.1 Å². The molecular weight excluding hydrogens is 449 g/mol. The van der Waals surface area contributed by atoms with Gasteiger partial charge in [-0.2, -0.15) is 0 Å². The van der Waals surface area contributed by atoms with Crippen molar-refractivity contribution in [2.75, 3.05) is 10.6 Å². The smallest absolute Gasteiger partial charge is 0.237 e. The van der Waals surface area contributed by atoms with Gasteiger partial charge in [0.15, 0.2) is 11.0 Å². The molecule has 2 N–H and O–H groups in total. The molecule has 4 rings (SSSR count). The fourth-order valence-electron chi connectivity index (χ4n) is 3.37. The predicted molar refractivity (Wildman–Crippen MR) is 134 cm³/mol. The average Bonchev–Trinajstić information content (AvgIpc) is 3.21. The van der Waals surface area contributed by atoms with Crippen molar-refractivity contribution in [3.63, 3.8) is 0 Å². The maximum absolute atomic E-state index is 13.2. The number of hydrogen-bond donors (Lipinski definition) is 2. The van der Waals surface area contributed by atoms with E-state index in [1.807, 2.05) is 73.0 Å². The number of para-hydroxylation sites is 1. The van der Waals surface area contributed by atoms with Gasteiger partial charge in [0.05, 0.1) is 18.3 Å². The summed E-state index contributed by atoms with van der Waals surface area (Å²) < 4.78 is 15.2. The molecule has 0 saturated heterocycles. The molecule has 0 aliphatic heterocycles. The largest absolute Gasteiger partial charge is 0.378 e. The van der Waals surface area contributed by atoms with E-state index in [4.69, 9.17) is 0 Å². The van der Waals surface area contributed by atoms with Gasteiger partial charge < -0.3 is 15.2 Å². The van der Waals surface area contributed by atoms with Crippen LogP contribution >= 0.6 is 11.8 Å². The Hall–Kier alpha value is -3.65. The number of nitrogens with zero attached hydrogens (tertiary/aromatic N) is 3. The zero-order valence-electron chi connectivity index (χ0n) is 19.0. The van der Waals surface area contributed by atoms with Gasteiger partial charge in [0.2, 0.25) is 5.91 Å². The van der Waals surface area contributed by atoms with Crippen molar-refractivity contribution in [2.45, 2.75) is 37.3 Å². The third-order valence-corrected chi connectivity index (χ3v) is 6.41. The summed E-state index contributed by atoms with van der Waals surface area (Å²) in [7, 11) is 0. The molecule has 6 nitrogen and oxygen atoms in total. The first-order chi connectivity index (χ1) is 16.5. The van der Waals surface area contributed by atoms with Crippen molar-refractivity contribution in [2.24, 2.45) is 0 Å². The number of anilines is 2. The SMILES string of the molecule is Cc1ccccc1NC(=O)[C@@H](C)Sc1nnc(CNc2ccc(F)cc2)n1Cc1ccccc1.